The lowest BCUT2D eigenvalue weighted by Crippen LogP contribution is -3.14. The summed E-state index contributed by atoms with van der Waals surface area (Å²) in [5.74, 6) is 0.681. The number of hydrogen-bond acceptors (Lipinski definition) is 3. The number of nitrogens with one attached hydrogen (secondary N) is 1. The zero-order valence-electron chi connectivity index (χ0n) is 13.0. The molecule has 1 aromatic rings. The van der Waals surface area contributed by atoms with Gasteiger partial charge in [-0.25, -0.2) is 0 Å². The molecule has 0 saturated carbocycles. The molecule has 0 saturated heterocycles. The molecule has 5 nitrogen and oxygen atoms in total. The van der Waals surface area contributed by atoms with Crippen LogP contribution in [-0.4, -0.2) is 50.5 Å². The van der Waals surface area contributed by atoms with Gasteiger partial charge in [0.05, 0.1) is 24.7 Å². The third-order valence-corrected chi connectivity index (χ3v) is 3.57. The monoisotopic (exact) mass is 293 g/mol. The Morgan fingerprint density at radius 3 is 2.52 bits per heavy atom. The van der Waals surface area contributed by atoms with Gasteiger partial charge >= 0.3 is 0 Å². The Labute approximate surface area is 127 Å². The second kappa shape index (κ2) is 10.2. The third kappa shape index (κ3) is 7.09. The minimum absolute atomic E-state index is 0.278. The minimum atomic E-state index is -0.479. The average molecular weight is 293 g/mol. The smallest absolute Gasteiger partial charge is 0.137 e. The van der Waals surface area contributed by atoms with Crippen LogP contribution < -0.4 is 15.0 Å². The van der Waals surface area contributed by atoms with Gasteiger partial charge in [-0.1, -0.05) is 0 Å². The van der Waals surface area contributed by atoms with Crippen molar-refractivity contribution in [1.82, 2.24) is 0 Å². The molecule has 0 spiro atoms. The second-order valence-electron chi connectivity index (χ2n) is 5.12. The first kappa shape index (κ1) is 17.4. The number of aliphatic hydroxyl groups excluding tert-OH is 1. The summed E-state index contributed by atoms with van der Waals surface area (Å²) in [6, 6.07) is 8.98. The van der Waals surface area contributed by atoms with Crippen LogP contribution in [0.4, 0.5) is 0 Å². The molecule has 1 atom stereocenters. The molecule has 0 heterocycles. The van der Waals surface area contributed by atoms with Crippen molar-refractivity contribution in [3.05, 3.63) is 29.8 Å². The molecule has 0 unspecified atom stereocenters. The molecule has 0 amide bonds. The molecule has 4 N–H and O–H groups in total. The lowest BCUT2D eigenvalue weighted by molar-refractivity contribution is -0.909. The van der Waals surface area contributed by atoms with Crippen molar-refractivity contribution in [3.63, 3.8) is 0 Å². The van der Waals surface area contributed by atoms with Gasteiger partial charge in [0, 0.05) is 0 Å². The SMILES string of the molecule is CC[NH+](CC)CC[NH2+]C[C@@H](O)COc1ccc(C#N)cc1. The van der Waals surface area contributed by atoms with Gasteiger partial charge in [0.25, 0.3) is 0 Å². The first-order valence-corrected chi connectivity index (χ1v) is 7.65. The molecular weight excluding hydrogens is 266 g/mol. The van der Waals surface area contributed by atoms with Crippen molar-refractivity contribution in [2.45, 2.75) is 20.0 Å². The highest BCUT2D eigenvalue weighted by Gasteiger charge is 2.09. The lowest BCUT2D eigenvalue weighted by atomic mass is 10.2. The van der Waals surface area contributed by atoms with Crippen LogP contribution in [0.2, 0.25) is 0 Å². The Balaban J connectivity index is 2.16. The molecule has 0 aromatic heterocycles. The summed E-state index contributed by atoms with van der Waals surface area (Å²) in [4.78, 5) is 1.58. The van der Waals surface area contributed by atoms with Gasteiger partial charge in [-0.05, 0) is 38.1 Å². The van der Waals surface area contributed by atoms with E-state index in [-0.39, 0.29) is 6.61 Å². The van der Waals surface area contributed by atoms with E-state index in [4.69, 9.17) is 10.00 Å². The van der Waals surface area contributed by atoms with Crippen LogP contribution in [0.15, 0.2) is 24.3 Å². The number of nitrogens with zero attached hydrogens (tertiary/aromatic N) is 1. The number of aliphatic hydroxyl groups is 1. The van der Waals surface area contributed by atoms with E-state index >= 15 is 0 Å². The maximum Gasteiger partial charge on any atom is 0.137 e. The predicted molar refractivity (Wildman–Crippen MR) is 81.2 cm³/mol. The summed E-state index contributed by atoms with van der Waals surface area (Å²) in [6.45, 7) is 9.75. The molecule has 1 rings (SSSR count). The van der Waals surface area contributed by atoms with Gasteiger partial charge in [-0.15, -0.1) is 0 Å². The molecule has 1 aromatic carbocycles. The van der Waals surface area contributed by atoms with Crippen LogP contribution in [0.25, 0.3) is 0 Å². The van der Waals surface area contributed by atoms with E-state index in [2.05, 4.69) is 25.2 Å². The van der Waals surface area contributed by atoms with Gasteiger partial charge in [0.2, 0.25) is 0 Å². The fourth-order valence-corrected chi connectivity index (χ4v) is 2.11. The summed E-state index contributed by atoms with van der Waals surface area (Å²) in [5, 5.41) is 20.7. The Bertz CT molecular complexity index is 424. The van der Waals surface area contributed by atoms with Crippen molar-refractivity contribution >= 4 is 0 Å². The number of quaternary nitrogens is 2. The fraction of sp³-hybridized carbons (Fsp3) is 0.562. The molecule has 0 fully saturated rings. The maximum absolute atomic E-state index is 9.88. The molecule has 0 aliphatic heterocycles. The van der Waals surface area contributed by atoms with Crippen LogP contribution in [0.1, 0.15) is 19.4 Å². The van der Waals surface area contributed by atoms with Crippen LogP contribution >= 0.6 is 0 Å². The Morgan fingerprint density at radius 1 is 1.29 bits per heavy atom. The lowest BCUT2D eigenvalue weighted by Gasteiger charge is -2.15. The quantitative estimate of drug-likeness (QED) is 0.474. The van der Waals surface area contributed by atoms with Gasteiger partial charge < -0.3 is 20.1 Å². The average Bonchev–Trinajstić information content (AvgIpc) is 2.53. The standard InChI is InChI=1S/C16H25N3O2/c1-3-19(4-2)10-9-18-12-15(20)13-21-16-7-5-14(11-17)6-8-16/h5-8,15,18,20H,3-4,9-10,12-13H2,1-2H3/p+2/t15-/m1/s1. The molecule has 0 radical (unpaired) electrons. The summed E-state index contributed by atoms with van der Waals surface area (Å²) in [5.41, 5.74) is 0.607. The number of likely N-dealkylation sites (N-methyl/N-ethyl adjacent to an activating group) is 1. The molecule has 21 heavy (non-hydrogen) atoms. The molecule has 116 valence electrons. The van der Waals surface area contributed by atoms with Crippen molar-refractivity contribution in [2.75, 3.05) is 39.3 Å². The molecule has 0 aliphatic carbocycles. The zero-order chi connectivity index (χ0) is 15.5. The number of rotatable bonds is 10. The topological polar surface area (TPSA) is 74.3 Å². The highest BCUT2D eigenvalue weighted by molar-refractivity contribution is 5.34. The van der Waals surface area contributed by atoms with Gasteiger partial charge in [-0.3, -0.25) is 0 Å². The second-order valence-corrected chi connectivity index (χ2v) is 5.12. The third-order valence-electron chi connectivity index (χ3n) is 3.57. The van der Waals surface area contributed by atoms with Gasteiger partial charge in [0.1, 0.15) is 38.1 Å². The van der Waals surface area contributed by atoms with Gasteiger partial charge in [0.15, 0.2) is 0 Å². The van der Waals surface area contributed by atoms with Crippen LogP contribution in [0, 0.1) is 11.3 Å². The van der Waals surface area contributed by atoms with E-state index < -0.39 is 6.10 Å². The Kier molecular flexibility index (Phi) is 8.44. The minimum Gasteiger partial charge on any atom is -0.491 e. The van der Waals surface area contributed by atoms with Crippen molar-refractivity contribution in [2.24, 2.45) is 0 Å². The Morgan fingerprint density at radius 2 is 1.95 bits per heavy atom. The predicted octanol–water partition coefficient (Wildman–Crippen LogP) is -1.21. The maximum atomic E-state index is 9.88. The molecule has 0 bridgehead atoms. The largest absolute Gasteiger partial charge is 0.491 e. The summed E-state index contributed by atoms with van der Waals surface area (Å²) in [6.07, 6.45) is -0.479. The Hall–Kier alpha value is -1.61. The molecular formula is C16H27N3O2+2. The van der Waals surface area contributed by atoms with Crippen molar-refractivity contribution in [3.8, 4) is 11.8 Å². The molecule has 0 aliphatic rings. The van der Waals surface area contributed by atoms with E-state index in [1.54, 1.807) is 29.2 Å². The highest BCUT2D eigenvalue weighted by Crippen LogP contribution is 2.11. The number of ether oxygens (including phenoxy) is 1. The molecule has 5 heteroatoms. The summed E-state index contributed by atoms with van der Waals surface area (Å²) >= 11 is 0. The first-order valence-electron chi connectivity index (χ1n) is 7.65. The van der Waals surface area contributed by atoms with E-state index in [1.165, 1.54) is 0 Å². The number of nitrogens with two attached hydrogens (primary N) is 1. The normalized spacial score (nSPS) is 12.1. The van der Waals surface area contributed by atoms with E-state index in [0.29, 0.717) is 17.9 Å². The van der Waals surface area contributed by atoms with E-state index in [9.17, 15) is 5.11 Å². The first-order chi connectivity index (χ1) is 10.2. The number of benzene rings is 1. The van der Waals surface area contributed by atoms with E-state index in [0.717, 1.165) is 26.2 Å². The van der Waals surface area contributed by atoms with E-state index in [1.807, 2.05) is 0 Å². The van der Waals surface area contributed by atoms with Crippen LogP contribution in [0.5, 0.6) is 5.75 Å². The summed E-state index contributed by atoms with van der Waals surface area (Å²) < 4.78 is 5.50. The number of hydrogen-bond donors (Lipinski definition) is 3. The zero-order valence-corrected chi connectivity index (χ0v) is 13.0. The summed E-state index contributed by atoms with van der Waals surface area (Å²) in [7, 11) is 0. The van der Waals surface area contributed by atoms with Crippen LogP contribution in [-0.2, 0) is 0 Å². The highest BCUT2D eigenvalue weighted by atomic mass is 16.5. The van der Waals surface area contributed by atoms with Crippen LogP contribution in [0.3, 0.4) is 0 Å². The van der Waals surface area contributed by atoms with Crippen molar-refractivity contribution < 1.29 is 20.1 Å². The van der Waals surface area contributed by atoms with Crippen molar-refractivity contribution in [1.29, 1.82) is 5.26 Å². The van der Waals surface area contributed by atoms with Gasteiger partial charge in [-0.2, -0.15) is 5.26 Å². The fourth-order valence-electron chi connectivity index (χ4n) is 2.11. The number of nitriles is 1.